The largest absolute Gasteiger partial charge is 0.481 e. The minimum atomic E-state index is -0.833. The van der Waals surface area contributed by atoms with Crippen molar-refractivity contribution < 1.29 is 19.4 Å². The molecule has 1 saturated heterocycles. The zero-order valence-corrected chi connectivity index (χ0v) is 15.8. The zero-order chi connectivity index (χ0) is 19.0. The number of likely N-dealkylation sites (tertiary alicyclic amines) is 1. The molecule has 0 radical (unpaired) electrons. The molecule has 1 fully saturated rings. The van der Waals surface area contributed by atoms with Gasteiger partial charge >= 0.3 is 0 Å². The second-order valence-electron chi connectivity index (χ2n) is 6.69. The molecular formula is C18H28ClFN2O3. The minimum Gasteiger partial charge on any atom is -0.481 e. The molecule has 1 aliphatic rings. The first-order valence-electron chi connectivity index (χ1n) is 8.36. The third kappa shape index (κ3) is 8.14. The molecule has 1 aromatic rings. The minimum absolute atomic E-state index is 0.189. The van der Waals surface area contributed by atoms with Crippen LogP contribution in [0.5, 0.6) is 0 Å². The summed E-state index contributed by atoms with van der Waals surface area (Å²) >= 11 is 5.97. The maximum absolute atomic E-state index is 13.9. The average Bonchev–Trinajstić information content (AvgIpc) is 2.73. The zero-order valence-electron chi connectivity index (χ0n) is 15.1. The van der Waals surface area contributed by atoms with E-state index in [-0.39, 0.29) is 18.3 Å². The van der Waals surface area contributed by atoms with Gasteiger partial charge in [0.15, 0.2) is 0 Å². The number of rotatable bonds is 4. The van der Waals surface area contributed by atoms with Gasteiger partial charge in [0.1, 0.15) is 5.82 Å². The lowest BCUT2D eigenvalue weighted by Crippen LogP contribution is -2.39. The van der Waals surface area contributed by atoms with Crippen molar-refractivity contribution in [3.8, 4) is 0 Å². The van der Waals surface area contributed by atoms with Gasteiger partial charge in [-0.3, -0.25) is 9.69 Å². The number of aliphatic carboxylic acids is 1. The highest BCUT2D eigenvalue weighted by Crippen LogP contribution is 2.22. The number of halogens is 2. The molecule has 2 rings (SSSR count). The van der Waals surface area contributed by atoms with Crippen molar-refractivity contribution in [3.05, 3.63) is 34.6 Å². The number of carbonyl (C=O) groups is 1. The molecule has 0 amide bonds. The highest BCUT2D eigenvalue weighted by Gasteiger charge is 2.25. The number of aliphatic hydroxyl groups excluding tert-OH is 1. The number of benzene rings is 1. The standard InChI is InChI=1S/C16H24ClFN2O.C2H4O2/c1-19(2)15-5-3-12(11-21)8-20(10-15)9-13-7-14(17)4-6-16(13)18;1-2(3)4/h4,6-7,12,15,21H,3,5,8-11H2,1-2H3;1H3,(H,3,4)/t12-,15+;/m0./s1. The molecule has 7 heteroatoms. The van der Waals surface area contributed by atoms with E-state index in [0.717, 1.165) is 32.9 Å². The molecule has 1 heterocycles. The SMILES string of the molecule is CC(=O)O.CN(C)[C@@H]1CC[C@H](CO)CN(Cc2cc(Cl)ccc2F)C1. The Morgan fingerprint density at radius 2 is 2.00 bits per heavy atom. The van der Waals surface area contributed by atoms with Crippen molar-refractivity contribution in [3.63, 3.8) is 0 Å². The van der Waals surface area contributed by atoms with Gasteiger partial charge < -0.3 is 15.1 Å². The quantitative estimate of drug-likeness (QED) is 0.848. The lowest BCUT2D eigenvalue weighted by Gasteiger charge is -2.29. The van der Waals surface area contributed by atoms with E-state index in [1.54, 1.807) is 12.1 Å². The van der Waals surface area contributed by atoms with Gasteiger partial charge in [0.2, 0.25) is 0 Å². The Labute approximate surface area is 154 Å². The van der Waals surface area contributed by atoms with E-state index >= 15 is 0 Å². The Morgan fingerprint density at radius 3 is 2.56 bits per heavy atom. The van der Waals surface area contributed by atoms with E-state index in [0.29, 0.717) is 23.2 Å². The Balaban J connectivity index is 0.000000705. The van der Waals surface area contributed by atoms with Crippen LogP contribution in [0.2, 0.25) is 5.02 Å². The van der Waals surface area contributed by atoms with Crippen LogP contribution in [0.4, 0.5) is 4.39 Å². The van der Waals surface area contributed by atoms with Crippen molar-refractivity contribution in [2.24, 2.45) is 5.92 Å². The fourth-order valence-electron chi connectivity index (χ4n) is 2.95. The molecule has 2 N–H and O–H groups in total. The Kier molecular flexibility index (Phi) is 9.35. The third-order valence-electron chi connectivity index (χ3n) is 4.28. The van der Waals surface area contributed by atoms with Gasteiger partial charge in [0, 0.05) is 49.8 Å². The summed E-state index contributed by atoms with van der Waals surface area (Å²) in [4.78, 5) is 13.4. The van der Waals surface area contributed by atoms with Gasteiger partial charge in [0.25, 0.3) is 5.97 Å². The van der Waals surface area contributed by atoms with Crippen molar-refractivity contribution in [1.29, 1.82) is 0 Å². The molecule has 0 aromatic heterocycles. The number of aliphatic hydroxyl groups is 1. The summed E-state index contributed by atoms with van der Waals surface area (Å²) in [5, 5.41) is 17.5. The smallest absolute Gasteiger partial charge is 0.300 e. The van der Waals surface area contributed by atoms with Crippen LogP contribution < -0.4 is 0 Å². The second kappa shape index (κ2) is 10.7. The Bertz CT molecular complexity index is 553. The molecule has 2 atom stereocenters. The van der Waals surface area contributed by atoms with Crippen LogP contribution in [0.25, 0.3) is 0 Å². The van der Waals surface area contributed by atoms with Crippen molar-refractivity contribution in [2.45, 2.75) is 32.4 Å². The van der Waals surface area contributed by atoms with Gasteiger partial charge in [0.05, 0.1) is 0 Å². The molecule has 25 heavy (non-hydrogen) atoms. The Hall–Kier alpha value is -1.21. The number of hydrogen-bond acceptors (Lipinski definition) is 4. The first-order valence-corrected chi connectivity index (χ1v) is 8.73. The number of hydrogen-bond donors (Lipinski definition) is 2. The van der Waals surface area contributed by atoms with Crippen molar-refractivity contribution in [1.82, 2.24) is 9.80 Å². The van der Waals surface area contributed by atoms with Crippen LogP contribution >= 0.6 is 11.6 Å². The summed E-state index contributed by atoms with van der Waals surface area (Å²) in [5.74, 6) is -0.789. The predicted molar refractivity (Wildman–Crippen MR) is 97.3 cm³/mol. The van der Waals surface area contributed by atoms with E-state index < -0.39 is 5.97 Å². The fraction of sp³-hybridized carbons (Fsp3) is 0.611. The molecule has 0 spiro atoms. The second-order valence-corrected chi connectivity index (χ2v) is 7.13. The molecule has 1 aromatic carbocycles. The number of nitrogens with zero attached hydrogens (tertiary/aromatic N) is 2. The summed E-state index contributed by atoms with van der Waals surface area (Å²) in [7, 11) is 4.14. The van der Waals surface area contributed by atoms with Crippen LogP contribution in [-0.4, -0.2) is 65.8 Å². The molecule has 1 aliphatic heterocycles. The summed E-state index contributed by atoms with van der Waals surface area (Å²) in [5.41, 5.74) is 0.624. The number of carboxylic acids is 1. The van der Waals surface area contributed by atoms with E-state index in [4.69, 9.17) is 21.5 Å². The Morgan fingerprint density at radius 1 is 1.36 bits per heavy atom. The van der Waals surface area contributed by atoms with Crippen LogP contribution in [0.3, 0.4) is 0 Å². The maximum Gasteiger partial charge on any atom is 0.300 e. The van der Waals surface area contributed by atoms with Crippen LogP contribution in [-0.2, 0) is 11.3 Å². The first kappa shape index (κ1) is 21.8. The molecule has 0 bridgehead atoms. The molecule has 142 valence electrons. The monoisotopic (exact) mass is 374 g/mol. The third-order valence-corrected chi connectivity index (χ3v) is 4.52. The summed E-state index contributed by atoms with van der Waals surface area (Å²) in [6.07, 6.45) is 2.07. The van der Waals surface area contributed by atoms with Gasteiger partial charge in [-0.05, 0) is 51.1 Å². The summed E-state index contributed by atoms with van der Waals surface area (Å²) in [6, 6.07) is 5.12. The van der Waals surface area contributed by atoms with Crippen molar-refractivity contribution in [2.75, 3.05) is 33.8 Å². The van der Waals surface area contributed by atoms with E-state index in [1.807, 2.05) is 0 Å². The summed E-state index contributed by atoms with van der Waals surface area (Å²) < 4.78 is 13.9. The van der Waals surface area contributed by atoms with Gasteiger partial charge in [-0.1, -0.05) is 11.6 Å². The van der Waals surface area contributed by atoms with E-state index in [1.165, 1.54) is 6.07 Å². The lowest BCUT2D eigenvalue weighted by atomic mass is 10.0. The lowest BCUT2D eigenvalue weighted by molar-refractivity contribution is -0.134. The van der Waals surface area contributed by atoms with Crippen molar-refractivity contribution >= 4 is 17.6 Å². The fourth-order valence-corrected chi connectivity index (χ4v) is 3.15. The first-order chi connectivity index (χ1) is 11.7. The molecule has 0 saturated carbocycles. The highest BCUT2D eigenvalue weighted by molar-refractivity contribution is 6.30. The van der Waals surface area contributed by atoms with Gasteiger partial charge in [-0.25, -0.2) is 4.39 Å². The molecule has 0 aliphatic carbocycles. The molecular weight excluding hydrogens is 347 g/mol. The van der Waals surface area contributed by atoms with Gasteiger partial charge in [-0.15, -0.1) is 0 Å². The maximum atomic E-state index is 13.9. The van der Waals surface area contributed by atoms with E-state index in [9.17, 15) is 9.50 Å². The van der Waals surface area contributed by atoms with Crippen LogP contribution in [0.1, 0.15) is 25.3 Å². The van der Waals surface area contributed by atoms with E-state index in [2.05, 4.69) is 23.9 Å². The molecule has 5 nitrogen and oxygen atoms in total. The number of likely N-dealkylation sites (N-methyl/N-ethyl adjacent to an activating group) is 1. The predicted octanol–water partition coefficient (Wildman–Crippen LogP) is 2.70. The number of carboxylic acid groups (broad SMARTS) is 1. The normalized spacial score (nSPS) is 21.4. The average molecular weight is 375 g/mol. The van der Waals surface area contributed by atoms with Crippen LogP contribution in [0.15, 0.2) is 18.2 Å². The molecule has 0 unspecified atom stereocenters. The topological polar surface area (TPSA) is 64.0 Å². The summed E-state index contributed by atoms with van der Waals surface area (Å²) in [6.45, 7) is 3.49. The highest BCUT2D eigenvalue weighted by atomic mass is 35.5. The van der Waals surface area contributed by atoms with Crippen LogP contribution in [0, 0.1) is 11.7 Å². The van der Waals surface area contributed by atoms with Gasteiger partial charge in [-0.2, -0.15) is 0 Å².